The number of carbonyl (C=O) groups is 2. The van der Waals surface area contributed by atoms with Crippen molar-refractivity contribution < 1.29 is 18.7 Å². The van der Waals surface area contributed by atoms with E-state index in [0.717, 1.165) is 0 Å². The monoisotopic (exact) mass is 370 g/mol. The molecule has 3 aromatic rings. The van der Waals surface area contributed by atoms with E-state index in [1.165, 1.54) is 22.6 Å². The average molecular weight is 370 g/mol. The Labute approximate surface area is 155 Å². The molecule has 2 heterocycles. The SMILES string of the molecule is COCCCNC(=O)c1nc(C(=O)Nc2ccccc2F)n2ccccc12. The van der Waals surface area contributed by atoms with Crippen LogP contribution < -0.4 is 10.6 Å². The predicted octanol–water partition coefficient (Wildman–Crippen LogP) is 2.49. The number of para-hydroxylation sites is 1. The number of halogens is 1. The molecule has 0 spiro atoms. The summed E-state index contributed by atoms with van der Waals surface area (Å²) in [6.07, 6.45) is 2.29. The number of rotatable bonds is 7. The van der Waals surface area contributed by atoms with E-state index in [-0.39, 0.29) is 23.1 Å². The number of methoxy groups -OCH3 is 1. The van der Waals surface area contributed by atoms with Gasteiger partial charge < -0.3 is 15.4 Å². The molecular weight excluding hydrogens is 351 g/mol. The van der Waals surface area contributed by atoms with Crippen molar-refractivity contribution in [2.75, 3.05) is 25.6 Å². The van der Waals surface area contributed by atoms with Crippen LogP contribution in [0.5, 0.6) is 0 Å². The molecule has 0 saturated carbocycles. The van der Waals surface area contributed by atoms with E-state index in [4.69, 9.17) is 4.74 Å². The van der Waals surface area contributed by atoms with Crippen molar-refractivity contribution in [2.24, 2.45) is 0 Å². The van der Waals surface area contributed by atoms with E-state index in [9.17, 15) is 14.0 Å². The number of fused-ring (bicyclic) bond motifs is 1. The minimum absolute atomic E-state index is 0.00380. The largest absolute Gasteiger partial charge is 0.385 e. The third-order valence-electron chi connectivity index (χ3n) is 3.90. The second kappa shape index (κ2) is 8.41. The van der Waals surface area contributed by atoms with Gasteiger partial charge in [0.1, 0.15) is 5.82 Å². The van der Waals surface area contributed by atoms with Crippen molar-refractivity contribution in [1.29, 1.82) is 0 Å². The van der Waals surface area contributed by atoms with Crippen LogP contribution in [0.1, 0.15) is 27.5 Å². The van der Waals surface area contributed by atoms with Crippen LogP contribution in [-0.2, 0) is 4.74 Å². The molecule has 0 aliphatic heterocycles. The van der Waals surface area contributed by atoms with E-state index >= 15 is 0 Å². The maximum absolute atomic E-state index is 13.8. The summed E-state index contributed by atoms with van der Waals surface area (Å²) >= 11 is 0. The molecule has 8 heteroatoms. The van der Waals surface area contributed by atoms with E-state index < -0.39 is 11.7 Å². The van der Waals surface area contributed by atoms with Crippen LogP contribution in [0.2, 0.25) is 0 Å². The number of pyridine rings is 1. The first kappa shape index (κ1) is 18.5. The molecule has 140 valence electrons. The first-order valence-corrected chi connectivity index (χ1v) is 8.42. The van der Waals surface area contributed by atoms with E-state index in [2.05, 4.69) is 15.6 Å². The lowest BCUT2D eigenvalue weighted by atomic mass is 10.3. The summed E-state index contributed by atoms with van der Waals surface area (Å²) in [6, 6.07) is 11.0. The van der Waals surface area contributed by atoms with E-state index in [1.807, 2.05) is 0 Å². The van der Waals surface area contributed by atoms with Gasteiger partial charge in [0.25, 0.3) is 11.8 Å². The lowest BCUT2D eigenvalue weighted by molar-refractivity contribution is 0.0946. The highest BCUT2D eigenvalue weighted by Crippen LogP contribution is 2.17. The number of carbonyl (C=O) groups excluding carboxylic acids is 2. The van der Waals surface area contributed by atoms with Crippen LogP contribution in [0.25, 0.3) is 5.52 Å². The number of hydrogen-bond donors (Lipinski definition) is 2. The summed E-state index contributed by atoms with van der Waals surface area (Å²) in [6.45, 7) is 0.954. The number of ether oxygens (including phenoxy) is 1. The van der Waals surface area contributed by atoms with Gasteiger partial charge in [0.05, 0.1) is 11.2 Å². The molecule has 0 fully saturated rings. The molecule has 0 bridgehead atoms. The summed E-state index contributed by atoms with van der Waals surface area (Å²) in [5.74, 6) is -1.56. The highest BCUT2D eigenvalue weighted by atomic mass is 19.1. The Hall–Kier alpha value is -3.26. The summed E-state index contributed by atoms with van der Waals surface area (Å²) in [5, 5.41) is 5.24. The highest BCUT2D eigenvalue weighted by Gasteiger charge is 2.21. The minimum Gasteiger partial charge on any atom is -0.385 e. The zero-order valence-electron chi connectivity index (χ0n) is 14.7. The topological polar surface area (TPSA) is 84.7 Å². The van der Waals surface area contributed by atoms with Gasteiger partial charge in [-0.2, -0.15) is 0 Å². The predicted molar refractivity (Wildman–Crippen MR) is 98.4 cm³/mol. The van der Waals surface area contributed by atoms with Crippen molar-refractivity contribution in [3.63, 3.8) is 0 Å². The second-order valence-electron chi connectivity index (χ2n) is 5.78. The molecule has 0 atom stereocenters. The summed E-state index contributed by atoms with van der Waals surface area (Å²) < 4.78 is 20.2. The van der Waals surface area contributed by atoms with Crippen molar-refractivity contribution >= 4 is 23.0 Å². The van der Waals surface area contributed by atoms with Gasteiger partial charge in [-0.25, -0.2) is 9.37 Å². The molecule has 2 N–H and O–H groups in total. The van der Waals surface area contributed by atoms with Gasteiger partial charge >= 0.3 is 0 Å². The van der Waals surface area contributed by atoms with Crippen LogP contribution in [0, 0.1) is 5.82 Å². The van der Waals surface area contributed by atoms with Gasteiger partial charge in [0, 0.05) is 26.5 Å². The zero-order chi connectivity index (χ0) is 19.2. The zero-order valence-corrected chi connectivity index (χ0v) is 14.7. The molecule has 0 aliphatic carbocycles. The number of aromatic nitrogens is 2. The molecule has 3 rings (SSSR count). The number of amides is 2. The first-order chi connectivity index (χ1) is 13.1. The Bertz CT molecular complexity index is 970. The smallest absolute Gasteiger partial charge is 0.292 e. The van der Waals surface area contributed by atoms with E-state index in [0.29, 0.717) is 25.1 Å². The second-order valence-corrected chi connectivity index (χ2v) is 5.78. The molecule has 0 radical (unpaired) electrons. The standard InChI is InChI=1S/C19H19FN4O3/c1-27-12-6-10-21-18(25)16-15-9-4-5-11-24(15)17(23-16)19(26)22-14-8-3-2-7-13(14)20/h2-5,7-9,11H,6,10,12H2,1H3,(H,21,25)(H,22,26). The van der Waals surface area contributed by atoms with Gasteiger partial charge in [0.15, 0.2) is 5.69 Å². The number of hydrogen-bond acceptors (Lipinski definition) is 4. The molecule has 7 nitrogen and oxygen atoms in total. The van der Waals surface area contributed by atoms with Crippen molar-refractivity contribution in [2.45, 2.75) is 6.42 Å². The molecule has 0 saturated heterocycles. The van der Waals surface area contributed by atoms with Crippen molar-refractivity contribution in [3.8, 4) is 0 Å². The quantitative estimate of drug-likeness (QED) is 0.626. The lowest BCUT2D eigenvalue weighted by Crippen LogP contribution is -2.26. The first-order valence-electron chi connectivity index (χ1n) is 8.42. The molecule has 2 aromatic heterocycles. The molecule has 0 aliphatic rings. The van der Waals surface area contributed by atoms with Gasteiger partial charge in [-0.05, 0) is 30.7 Å². The number of anilines is 1. The minimum atomic E-state index is -0.611. The molecule has 2 amide bonds. The number of imidazole rings is 1. The fourth-order valence-electron chi connectivity index (χ4n) is 2.61. The van der Waals surface area contributed by atoms with Crippen LogP contribution in [0.3, 0.4) is 0 Å². The fraction of sp³-hybridized carbons (Fsp3) is 0.211. The molecule has 1 aromatic carbocycles. The Morgan fingerprint density at radius 3 is 2.70 bits per heavy atom. The number of benzene rings is 1. The average Bonchev–Trinajstić information content (AvgIpc) is 3.07. The summed E-state index contributed by atoms with van der Waals surface area (Å²) in [5.41, 5.74) is 0.660. The number of nitrogens with zero attached hydrogens (tertiary/aromatic N) is 2. The van der Waals surface area contributed by atoms with Gasteiger partial charge in [-0.15, -0.1) is 0 Å². The summed E-state index contributed by atoms with van der Waals surface area (Å²) in [7, 11) is 1.59. The van der Waals surface area contributed by atoms with Gasteiger partial charge in [-0.3, -0.25) is 14.0 Å². The van der Waals surface area contributed by atoms with Crippen LogP contribution in [0.15, 0.2) is 48.7 Å². The molecule has 0 unspecified atom stereocenters. The Morgan fingerprint density at radius 1 is 1.15 bits per heavy atom. The Balaban J connectivity index is 1.87. The van der Waals surface area contributed by atoms with Crippen LogP contribution in [-0.4, -0.2) is 41.5 Å². The van der Waals surface area contributed by atoms with Gasteiger partial charge in [-0.1, -0.05) is 18.2 Å². The van der Waals surface area contributed by atoms with Crippen molar-refractivity contribution in [1.82, 2.24) is 14.7 Å². The van der Waals surface area contributed by atoms with Crippen LogP contribution >= 0.6 is 0 Å². The number of nitrogens with one attached hydrogen (secondary N) is 2. The van der Waals surface area contributed by atoms with Gasteiger partial charge in [0.2, 0.25) is 5.82 Å². The maximum Gasteiger partial charge on any atom is 0.292 e. The highest BCUT2D eigenvalue weighted by molar-refractivity contribution is 6.06. The fourth-order valence-corrected chi connectivity index (χ4v) is 2.61. The third kappa shape index (κ3) is 4.12. The summed E-state index contributed by atoms with van der Waals surface area (Å²) in [4.78, 5) is 29.3. The normalized spacial score (nSPS) is 10.7. The molecule has 27 heavy (non-hydrogen) atoms. The lowest BCUT2D eigenvalue weighted by Gasteiger charge is -2.05. The molecular formula is C19H19FN4O3. The van der Waals surface area contributed by atoms with Crippen molar-refractivity contribution in [3.05, 3.63) is 66.0 Å². The van der Waals surface area contributed by atoms with Crippen LogP contribution in [0.4, 0.5) is 10.1 Å². The Morgan fingerprint density at radius 2 is 1.93 bits per heavy atom. The van der Waals surface area contributed by atoms with E-state index in [1.54, 1.807) is 37.6 Å². The maximum atomic E-state index is 13.8. The Kier molecular flexibility index (Phi) is 5.77. The third-order valence-corrected chi connectivity index (χ3v) is 3.90.